The predicted molar refractivity (Wildman–Crippen MR) is 160 cm³/mol. The van der Waals surface area contributed by atoms with Crippen molar-refractivity contribution in [2.24, 2.45) is 0 Å². The molecule has 9 nitrogen and oxygen atoms in total. The number of hydrogen-bond donors (Lipinski definition) is 2. The predicted octanol–water partition coefficient (Wildman–Crippen LogP) is 4.83. The number of nitrogens with zero attached hydrogens (tertiary/aromatic N) is 5. The minimum atomic E-state index is -5.15. The lowest BCUT2D eigenvalue weighted by Crippen LogP contribution is -2.51. The average Bonchev–Trinajstić information content (AvgIpc) is 3.67. The number of nitrogens with one attached hydrogen (secondary N) is 1. The number of pyridine rings is 1. The Hall–Kier alpha value is -4.11. The molecule has 4 fully saturated rings. The van der Waals surface area contributed by atoms with Crippen LogP contribution in [0.5, 0.6) is 11.8 Å². The van der Waals surface area contributed by atoms with Crippen molar-refractivity contribution in [2.45, 2.75) is 62.1 Å². The molecule has 2 N–H and O–H groups in total. The first-order valence-corrected chi connectivity index (χ1v) is 15.6. The molecule has 0 spiro atoms. The maximum absolute atomic E-state index is 15.2. The zero-order valence-corrected chi connectivity index (χ0v) is 25.0. The summed E-state index contributed by atoms with van der Waals surface area (Å²) in [6.07, 6.45) is -2.66. The fourth-order valence-electron chi connectivity index (χ4n) is 8.06. The number of anilines is 1. The molecule has 6 heterocycles. The molecule has 4 aromatic rings. The van der Waals surface area contributed by atoms with E-state index in [-0.39, 0.29) is 58.8 Å². The third-order valence-corrected chi connectivity index (χ3v) is 10.1. The van der Waals surface area contributed by atoms with Crippen LogP contribution in [0.25, 0.3) is 27.4 Å². The molecule has 2 aromatic carbocycles. The van der Waals surface area contributed by atoms with Crippen LogP contribution in [0.3, 0.4) is 0 Å². The monoisotopic (exact) mass is 660 g/mol. The summed E-state index contributed by atoms with van der Waals surface area (Å²) in [4.78, 5) is 27.0. The van der Waals surface area contributed by atoms with E-state index in [9.17, 15) is 31.9 Å². The summed E-state index contributed by atoms with van der Waals surface area (Å²) in [5.74, 6) is -3.32. The number of aromatic nitrogens is 3. The van der Waals surface area contributed by atoms with Gasteiger partial charge in [0.2, 0.25) is 0 Å². The zero-order valence-electron chi connectivity index (χ0n) is 25.0. The summed E-state index contributed by atoms with van der Waals surface area (Å²) >= 11 is 0. The quantitative estimate of drug-likeness (QED) is 0.294. The van der Waals surface area contributed by atoms with Crippen molar-refractivity contribution in [3.63, 3.8) is 0 Å². The third-order valence-electron chi connectivity index (χ3n) is 10.1. The molecule has 0 radical (unpaired) electrons. The lowest BCUT2D eigenvalue weighted by molar-refractivity contribution is -0.142. The van der Waals surface area contributed by atoms with E-state index in [0.29, 0.717) is 26.1 Å². The molecule has 47 heavy (non-hydrogen) atoms. The van der Waals surface area contributed by atoms with Gasteiger partial charge in [0.1, 0.15) is 35.6 Å². The molecule has 8 rings (SSSR count). The molecule has 4 aliphatic rings. The summed E-state index contributed by atoms with van der Waals surface area (Å²) in [5, 5.41) is 12.9. The smallest absolute Gasteiger partial charge is 0.431 e. The molecule has 4 atom stereocenters. The summed E-state index contributed by atoms with van der Waals surface area (Å²) in [6.45, 7) is 1.82. The van der Waals surface area contributed by atoms with Gasteiger partial charge in [-0.15, -0.1) is 0 Å². The van der Waals surface area contributed by atoms with Crippen molar-refractivity contribution in [2.75, 3.05) is 37.7 Å². The fourth-order valence-corrected chi connectivity index (χ4v) is 8.06. The van der Waals surface area contributed by atoms with Gasteiger partial charge in [-0.25, -0.2) is 13.2 Å². The molecule has 2 aromatic heterocycles. The van der Waals surface area contributed by atoms with Gasteiger partial charge in [0.05, 0.1) is 16.6 Å². The number of piperazine rings is 1. The minimum Gasteiger partial charge on any atom is -0.508 e. The van der Waals surface area contributed by atoms with Crippen LogP contribution in [0.4, 0.5) is 32.2 Å². The van der Waals surface area contributed by atoms with E-state index in [1.165, 1.54) is 0 Å². The van der Waals surface area contributed by atoms with E-state index in [0.717, 1.165) is 49.6 Å². The molecule has 248 valence electrons. The van der Waals surface area contributed by atoms with Gasteiger partial charge >= 0.3 is 12.2 Å². The molecule has 2 bridgehead atoms. The Morgan fingerprint density at radius 3 is 2.57 bits per heavy atom. The number of alkyl halides is 4. The molecular formula is C32H30F6N6O3. The lowest BCUT2D eigenvalue weighted by Gasteiger charge is -2.34. The average molecular weight is 661 g/mol. The Balaban J connectivity index is 1.35. The van der Waals surface area contributed by atoms with E-state index in [1.807, 2.05) is 9.80 Å². The highest BCUT2D eigenvalue weighted by Crippen LogP contribution is 2.42. The van der Waals surface area contributed by atoms with Gasteiger partial charge in [-0.2, -0.15) is 23.1 Å². The van der Waals surface area contributed by atoms with Crippen LogP contribution in [0.15, 0.2) is 35.1 Å². The normalized spacial score (nSPS) is 26.1. The van der Waals surface area contributed by atoms with Crippen molar-refractivity contribution in [1.29, 1.82) is 0 Å². The number of fused-ring (bicyclic) bond motifs is 5. The Labute approximate surface area is 263 Å². The minimum absolute atomic E-state index is 0.0156. The summed E-state index contributed by atoms with van der Waals surface area (Å²) in [6, 6.07) is 4.31. The third kappa shape index (κ3) is 4.96. The van der Waals surface area contributed by atoms with E-state index in [2.05, 4.69) is 15.3 Å². The highest BCUT2D eigenvalue weighted by Gasteiger charge is 2.49. The van der Waals surface area contributed by atoms with Crippen molar-refractivity contribution in [3.05, 3.63) is 58.0 Å². The number of phenols is 1. The van der Waals surface area contributed by atoms with Crippen molar-refractivity contribution in [1.82, 2.24) is 24.8 Å². The summed E-state index contributed by atoms with van der Waals surface area (Å²) in [5.41, 5.74) is -4.51. The molecule has 4 saturated heterocycles. The molecule has 0 unspecified atom stereocenters. The maximum Gasteiger partial charge on any atom is 0.431 e. The topological polar surface area (TPSA) is 95.8 Å². The van der Waals surface area contributed by atoms with Crippen LogP contribution in [-0.2, 0) is 6.18 Å². The highest BCUT2D eigenvalue weighted by molar-refractivity contribution is 5.94. The largest absolute Gasteiger partial charge is 0.508 e. The SMILES string of the molecule is O=c1c2nc(OC[C@@]34CCCN3C[C@H](F)C4)nc(N3C[C@H]4CC[C@@H](C3)N4)c2cc(C(F)(F)F)n1-c1cc(O)cc2ccc(F)c(F)c12. The number of aromatic hydroxyl groups is 1. The van der Waals surface area contributed by atoms with Crippen LogP contribution in [-0.4, -0.2) is 81.1 Å². The molecule has 0 saturated carbocycles. The molecule has 0 amide bonds. The Morgan fingerprint density at radius 1 is 1.06 bits per heavy atom. The Bertz CT molecular complexity index is 1980. The second-order valence-electron chi connectivity index (χ2n) is 13.1. The first kappa shape index (κ1) is 30.2. The first-order chi connectivity index (χ1) is 22.4. The number of ether oxygens (including phenoxy) is 1. The van der Waals surface area contributed by atoms with Gasteiger partial charge in [0.15, 0.2) is 11.6 Å². The zero-order chi connectivity index (χ0) is 32.8. The van der Waals surface area contributed by atoms with Crippen LogP contribution >= 0.6 is 0 Å². The van der Waals surface area contributed by atoms with Gasteiger partial charge in [-0.05, 0) is 55.8 Å². The first-order valence-electron chi connectivity index (χ1n) is 15.6. The van der Waals surface area contributed by atoms with Gasteiger partial charge in [-0.3, -0.25) is 14.3 Å². The molecule has 4 aliphatic heterocycles. The number of halogens is 6. The molecular weight excluding hydrogens is 630 g/mol. The van der Waals surface area contributed by atoms with Gasteiger partial charge in [0.25, 0.3) is 5.56 Å². The van der Waals surface area contributed by atoms with Crippen LogP contribution in [0, 0.1) is 11.6 Å². The van der Waals surface area contributed by atoms with E-state index in [4.69, 9.17) is 4.74 Å². The fraction of sp³-hybridized carbons (Fsp3) is 0.469. The van der Waals surface area contributed by atoms with Crippen LogP contribution in [0.1, 0.15) is 37.8 Å². The van der Waals surface area contributed by atoms with Crippen LogP contribution < -0.4 is 20.5 Å². The van der Waals surface area contributed by atoms with Crippen LogP contribution in [0.2, 0.25) is 0 Å². The second kappa shape index (κ2) is 10.7. The van der Waals surface area contributed by atoms with Crippen molar-refractivity contribution in [3.8, 4) is 17.4 Å². The molecule has 15 heteroatoms. The Morgan fingerprint density at radius 2 is 1.83 bits per heavy atom. The number of benzene rings is 2. The second-order valence-corrected chi connectivity index (χ2v) is 13.1. The summed E-state index contributed by atoms with van der Waals surface area (Å²) < 4.78 is 94.9. The number of hydrogen-bond acceptors (Lipinski definition) is 8. The standard InChI is InChI=1S/C32H30F6N6O3/c33-17-11-31(6-1-7-43(31)12-17)15-47-30-40-27-21(28(41-30)42-13-18-3-4-19(14-42)39-18)10-24(32(36,37)38)44(29(27)46)23-9-20(45)8-16-2-5-22(34)26(35)25(16)23/h2,5,8-10,17-19,39,45H,1,3-4,6-7,11-15H2/t17-,18-,19+,31+/m1/s1. The van der Waals surface area contributed by atoms with E-state index >= 15 is 4.39 Å². The lowest BCUT2D eigenvalue weighted by atomic mass is 9.95. The van der Waals surface area contributed by atoms with Crippen molar-refractivity contribution >= 4 is 27.5 Å². The summed E-state index contributed by atoms with van der Waals surface area (Å²) in [7, 11) is 0. The van der Waals surface area contributed by atoms with Gasteiger partial charge in [-0.1, -0.05) is 6.07 Å². The van der Waals surface area contributed by atoms with E-state index in [1.54, 1.807) is 0 Å². The Kier molecular flexibility index (Phi) is 6.89. The van der Waals surface area contributed by atoms with E-state index < -0.39 is 63.1 Å². The van der Waals surface area contributed by atoms with Crippen molar-refractivity contribution < 1.29 is 36.2 Å². The number of phenolic OH excluding ortho intramolecular Hbond substituents is 1. The van der Waals surface area contributed by atoms with Gasteiger partial charge < -0.3 is 20.1 Å². The van der Waals surface area contributed by atoms with Gasteiger partial charge in [0, 0.05) is 49.6 Å². The highest BCUT2D eigenvalue weighted by atomic mass is 19.4. The number of rotatable bonds is 5. The maximum atomic E-state index is 15.2. The molecule has 0 aliphatic carbocycles.